The van der Waals surface area contributed by atoms with Crippen LogP contribution in [0.3, 0.4) is 0 Å². The third-order valence-electron chi connectivity index (χ3n) is 5.39. The number of benzene rings is 3. The minimum Gasteiger partial charge on any atom is -0.489 e. The van der Waals surface area contributed by atoms with Crippen LogP contribution in [0.25, 0.3) is 0 Å². The Morgan fingerprint density at radius 2 is 1.48 bits per heavy atom. The quantitative estimate of drug-likeness (QED) is 0.443. The van der Waals surface area contributed by atoms with Gasteiger partial charge in [0, 0.05) is 5.41 Å². The van der Waals surface area contributed by atoms with Gasteiger partial charge in [-0.2, -0.15) is 0 Å². The Kier molecular flexibility index (Phi) is 5.63. The maximum absolute atomic E-state index is 13.1. The summed E-state index contributed by atoms with van der Waals surface area (Å²) in [5.74, 6) is 0.154. The molecule has 0 heterocycles. The van der Waals surface area contributed by atoms with Crippen LogP contribution in [0.5, 0.6) is 17.2 Å². The number of hydrogen-bond acceptors (Lipinski definition) is 4. The monoisotopic (exact) mass is 424 g/mol. The largest absolute Gasteiger partial charge is 0.489 e. The van der Waals surface area contributed by atoms with Gasteiger partial charge < -0.3 is 14.2 Å². The molecule has 1 aliphatic rings. The van der Waals surface area contributed by atoms with E-state index in [0.29, 0.717) is 17.2 Å². The lowest BCUT2D eigenvalue weighted by Gasteiger charge is -2.09. The number of carbonyl (C=O) groups excluding carboxylic acids is 1. The van der Waals surface area contributed by atoms with E-state index in [1.807, 2.05) is 19.9 Å². The summed E-state index contributed by atoms with van der Waals surface area (Å²) >= 11 is 0. The maximum atomic E-state index is 13.1. The van der Waals surface area contributed by atoms with E-state index in [-0.39, 0.29) is 35.7 Å². The van der Waals surface area contributed by atoms with Gasteiger partial charge in [-0.3, -0.25) is 4.79 Å². The van der Waals surface area contributed by atoms with Gasteiger partial charge in [0.2, 0.25) is 0 Å². The summed E-state index contributed by atoms with van der Waals surface area (Å²) in [5.41, 5.74) is 0.390. The Balaban J connectivity index is 1.34. The van der Waals surface area contributed by atoms with Crippen LogP contribution < -0.4 is 9.47 Å². The molecule has 31 heavy (non-hydrogen) atoms. The van der Waals surface area contributed by atoms with Crippen molar-refractivity contribution in [2.24, 2.45) is 11.3 Å². The van der Waals surface area contributed by atoms with Crippen LogP contribution in [0.15, 0.2) is 72.8 Å². The molecule has 1 aliphatic carbocycles. The molecular formula is C25H22F2O4. The van der Waals surface area contributed by atoms with Crippen molar-refractivity contribution in [2.75, 3.05) is 0 Å². The highest BCUT2D eigenvalue weighted by molar-refractivity contribution is 5.78. The highest BCUT2D eigenvalue weighted by Crippen LogP contribution is 2.54. The highest BCUT2D eigenvalue weighted by Gasteiger charge is 2.65. The van der Waals surface area contributed by atoms with E-state index < -0.39 is 5.92 Å². The van der Waals surface area contributed by atoms with Crippen molar-refractivity contribution in [3.05, 3.63) is 90.0 Å². The molecule has 1 fully saturated rings. The molecule has 4 nitrogen and oxygen atoms in total. The molecule has 2 unspecified atom stereocenters. The van der Waals surface area contributed by atoms with Crippen molar-refractivity contribution in [2.45, 2.75) is 26.6 Å². The third kappa shape index (κ3) is 4.85. The number of rotatable bonds is 7. The Labute approximate surface area is 179 Å². The van der Waals surface area contributed by atoms with Gasteiger partial charge in [-0.1, -0.05) is 26.0 Å². The zero-order valence-electron chi connectivity index (χ0n) is 17.2. The molecule has 0 N–H and O–H groups in total. The summed E-state index contributed by atoms with van der Waals surface area (Å²) in [4.78, 5) is 12.6. The molecule has 0 amide bonds. The zero-order chi connectivity index (χ0) is 22.0. The molecular weight excluding hydrogens is 402 g/mol. The minimum atomic E-state index is -0.406. The number of hydrogen-bond donors (Lipinski definition) is 0. The summed E-state index contributed by atoms with van der Waals surface area (Å²) < 4.78 is 43.2. The SMILES string of the molecule is CC1(C)C(Oc2ccc(F)cc2)C1C(=O)OCc1cccc(Oc2ccc(F)cc2)c1. The fraction of sp³-hybridized carbons (Fsp3) is 0.240. The number of carbonyl (C=O) groups is 1. The van der Waals surface area contributed by atoms with Crippen LogP contribution in [0.2, 0.25) is 0 Å². The average Bonchev–Trinajstić information content (AvgIpc) is 3.29. The van der Waals surface area contributed by atoms with E-state index in [4.69, 9.17) is 14.2 Å². The summed E-state index contributed by atoms with van der Waals surface area (Å²) in [7, 11) is 0. The lowest BCUT2D eigenvalue weighted by Crippen LogP contribution is -2.12. The Bertz CT molecular complexity index is 1060. The van der Waals surface area contributed by atoms with Crippen LogP contribution in [-0.2, 0) is 16.1 Å². The van der Waals surface area contributed by atoms with Crippen molar-refractivity contribution < 1.29 is 27.8 Å². The fourth-order valence-electron chi connectivity index (χ4n) is 3.48. The highest BCUT2D eigenvalue weighted by atomic mass is 19.1. The first-order valence-electron chi connectivity index (χ1n) is 9.94. The summed E-state index contributed by atoms with van der Waals surface area (Å²) in [6.45, 7) is 3.96. The topological polar surface area (TPSA) is 44.8 Å². The van der Waals surface area contributed by atoms with Gasteiger partial charge in [-0.25, -0.2) is 8.78 Å². The number of halogens is 2. The predicted molar refractivity (Wildman–Crippen MR) is 111 cm³/mol. The second kappa shape index (κ2) is 8.38. The number of esters is 1. The van der Waals surface area contributed by atoms with Gasteiger partial charge in [-0.05, 0) is 66.2 Å². The van der Waals surface area contributed by atoms with Gasteiger partial charge in [-0.15, -0.1) is 0 Å². The molecule has 3 aromatic carbocycles. The van der Waals surface area contributed by atoms with E-state index in [2.05, 4.69) is 0 Å². The first-order chi connectivity index (χ1) is 14.8. The van der Waals surface area contributed by atoms with Gasteiger partial charge in [0.1, 0.15) is 47.5 Å². The van der Waals surface area contributed by atoms with Crippen molar-refractivity contribution in [1.82, 2.24) is 0 Å². The van der Waals surface area contributed by atoms with Gasteiger partial charge in [0.25, 0.3) is 0 Å². The number of ether oxygens (including phenoxy) is 3. The first-order valence-corrected chi connectivity index (χ1v) is 9.94. The zero-order valence-corrected chi connectivity index (χ0v) is 17.2. The molecule has 0 radical (unpaired) electrons. The molecule has 0 saturated heterocycles. The van der Waals surface area contributed by atoms with Crippen LogP contribution in [-0.4, -0.2) is 12.1 Å². The molecule has 3 aromatic rings. The van der Waals surface area contributed by atoms with Gasteiger partial charge in [0.15, 0.2) is 0 Å². The van der Waals surface area contributed by atoms with E-state index in [1.165, 1.54) is 24.3 Å². The molecule has 0 aliphatic heterocycles. The average molecular weight is 424 g/mol. The van der Waals surface area contributed by atoms with Crippen molar-refractivity contribution >= 4 is 5.97 Å². The van der Waals surface area contributed by atoms with Crippen LogP contribution in [0.1, 0.15) is 19.4 Å². The van der Waals surface area contributed by atoms with E-state index in [0.717, 1.165) is 5.56 Å². The van der Waals surface area contributed by atoms with Crippen molar-refractivity contribution in [1.29, 1.82) is 0 Å². The molecule has 0 spiro atoms. The lowest BCUT2D eigenvalue weighted by molar-refractivity contribution is -0.147. The van der Waals surface area contributed by atoms with Gasteiger partial charge in [0.05, 0.1) is 0 Å². The Morgan fingerprint density at radius 3 is 2.13 bits per heavy atom. The predicted octanol–water partition coefficient (Wildman–Crippen LogP) is 5.90. The van der Waals surface area contributed by atoms with E-state index >= 15 is 0 Å². The Hall–Kier alpha value is -3.41. The standard InChI is InChI=1S/C25H22F2O4/c1-25(2)22(23(25)31-20-12-8-18(27)9-13-20)24(28)29-15-16-4-3-5-21(14-16)30-19-10-6-17(26)7-11-19/h3-14,22-23H,15H2,1-2H3. The summed E-state index contributed by atoms with van der Waals surface area (Å²) in [6.07, 6.45) is -0.335. The van der Waals surface area contributed by atoms with Crippen molar-refractivity contribution in [3.63, 3.8) is 0 Å². The van der Waals surface area contributed by atoms with Crippen molar-refractivity contribution in [3.8, 4) is 17.2 Å². The molecule has 160 valence electrons. The van der Waals surface area contributed by atoms with Crippen LogP contribution in [0.4, 0.5) is 8.78 Å². The normalized spacial score (nSPS) is 18.8. The van der Waals surface area contributed by atoms with E-state index in [1.54, 1.807) is 42.5 Å². The Morgan fingerprint density at radius 1 is 0.871 bits per heavy atom. The van der Waals surface area contributed by atoms with Crippen LogP contribution in [0, 0.1) is 23.0 Å². The first kappa shape index (κ1) is 20.8. The molecule has 1 saturated carbocycles. The minimum absolute atomic E-state index is 0.0926. The van der Waals surface area contributed by atoms with Gasteiger partial charge >= 0.3 is 5.97 Å². The molecule has 2 atom stereocenters. The fourth-order valence-corrected chi connectivity index (χ4v) is 3.48. The molecule has 0 bridgehead atoms. The smallest absolute Gasteiger partial charge is 0.313 e. The lowest BCUT2D eigenvalue weighted by atomic mass is 10.1. The maximum Gasteiger partial charge on any atom is 0.313 e. The van der Waals surface area contributed by atoms with Crippen LogP contribution >= 0.6 is 0 Å². The summed E-state index contributed by atoms with van der Waals surface area (Å²) in [5, 5.41) is 0. The molecule has 4 rings (SSSR count). The second-order valence-electron chi connectivity index (χ2n) is 8.10. The third-order valence-corrected chi connectivity index (χ3v) is 5.39. The molecule has 6 heteroatoms. The van der Waals surface area contributed by atoms with E-state index in [9.17, 15) is 13.6 Å². The molecule has 0 aromatic heterocycles. The summed E-state index contributed by atoms with van der Waals surface area (Å²) in [6, 6.07) is 18.6. The second-order valence-corrected chi connectivity index (χ2v) is 8.10.